The average Bonchev–Trinajstić information content (AvgIpc) is 2.73. The van der Waals surface area contributed by atoms with Crippen molar-refractivity contribution >= 4 is 0 Å². The maximum atomic E-state index is 5.35. The monoisotopic (exact) mass is 196 g/mol. The van der Waals surface area contributed by atoms with Crippen molar-refractivity contribution in [3.05, 3.63) is 12.2 Å². The number of hydrogen-bond donors (Lipinski definition) is 1. The van der Waals surface area contributed by atoms with Gasteiger partial charge in [-0.15, -0.1) is 0 Å². The lowest BCUT2D eigenvalue weighted by molar-refractivity contribution is 0.171. The van der Waals surface area contributed by atoms with E-state index in [1.54, 1.807) is 11.0 Å². The minimum absolute atomic E-state index is 0.103. The lowest BCUT2D eigenvalue weighted by atomic mass is 10.0. The van der Waals surface area contributed by atoms with Gasteiger partial charge in [-0.25, -0.2) is 4.98 Å². The average molecular weight is 196 g/mol. The van der Waals surface area contributed by atoms with Gasteiger partial charge in [0.2, 0.25) is 0 Å². The van der Waals surface area contributed by atoms with Crippen molar-refractivity contribution in [1.29, 1.82) is 0 Å². The van der Waals surface area contributed by atoms with Crippen LogP contribution in [-0.4, -0.2) is 33.5 Å². The molecule has 14 heavy (non-hydrogen) atoms. The number of nitrogens with zero attached hydrogens (tertiary/aromatic N) is 3. The van der Waals surface area contributed by atoms with E-state index >= 15 is 0 Å². The van der Waals surface area contributed by atoms with Crippen LogP contribution >= 0.6 is 0 Å². The third-order valence-electron chi connectivity index (χ3n) is 2.70. The molecule has 0 aromatic carbocycles. The summed E-state index contributed by atoms with van der Waals surface area (Å²) in [5.41, 5.74) is 0.103. The van der Waals surface area contributed by atoms with Crippen molar-refractivity contribution < 1.29 is 4.74 Å². The predicted molar refractivity (Wildman–Crippen MR) is 51.7 cm³/mol. The van der Waals surface area contributed by atoms with Gasteiger partial charge in [-0.05, 0) is 13.3 Å². The second-order valence-corrected chi connectivity index (χ2v) is 4.02. The van der Waals surface area contributed by atoms with Gasteiger partial charge in [0.1, 0.15) is 12.2 Å². The lowest BCUT2D eigenvalue weighted by Gasteiger charge is -2.23. The van der Waals surface area contributed by atoms with E-state index in [-0.39, 0.29) is 5.54 Å². The molecular formula is C9H16N4O. The number of nitrogens with one attached hydrogen (secondary N) is 1. The first-order valence-corrected chi connectivity index (χ1v) is 4.85. The van der Waals surface area contributed by atoms with E-state index in [1.165, 1.54) is 0 Å². The molecule has 0 radical (unpaired) electrons. The Balaban J connectivity index is 1.91. The molecule has 0 saturated carbocycles. The van der Waals surface area contributed by atoms with Gasteiger partial charge >= 0.3 is 0 Å². The second kappa shape index (κ2) is 3.67. The van der Waals surface area contributed by atoms with Gasteiger partial charge in [0.25, 0.3) is 0 Å². The number of aryl methyl sites for hydroxylation is 1. The fourth-order valence-corrected chi connectivity index (χ4v) is 1.58. The summed E-state index contributed by atoms with van der Waals surface area (Å²) in [5.74, 6) is 0.957. The Bertz CT molecular complexity index is 304. The highest BCUT2D eigenvalue weighted by molar-refractivity contribution is 4.91. The van der Waals surface area contributed by atoms with Crippen molar-refractivity contribution in [1.82, 2.24) is 20.1 Å². The van der Waals surface area contributed by atoms with Crippen LogP contribution in [0.15, 0.2) is 6.33 Å². The molecule has 78 valence electrons. The molecule has 2 heterocycles. The molecule has 1 aromatic rings. The topological polar surface area (TPSA) is 52.0 Å². The van der Waals surface area contributed by atoms with Crippen molar-refractivity contribution in [3.63, 3.8) is 0 Å². The van der Waals surface area contributed by atoms with Gasteiger partial charge in [-0.3, -0.25) is 4.68 Å². The van der Waals surface area contributed by atoms with Crippen LogP contribution in [0.5, 0.6) is 0 Å². The Morgan fingerprint density at radius 1 is 1.71 bits per heavy atom. The van der Waals surface area contributed by atoms with E-state index in [0.29, 0.717) is 0 Å². The van der Waals surface area contributed by atoms with Crippen LogP contribution in [0.4, 0.5) is 0 Å². The first-order chi connectivity index (χ1) is 6.70. The van der Waals surface area contributed by atoms with Gasteiger partial charge in [0, 0.05) is 19.2 Å². The molecule has 1 aliphatic rings. The smallest absolute Gasteiger partial charge is 0.140 e. The van der Waals surface area contributed by atoms with Gasteiger partial charge in [0.15, 0.2) is 0 Å². The van der Waals surface area contributed by atoms with E-state index in [2.05, 4.69) is 22.3 Å². The molecule has 5 nitrogen and oxygen atoms in total. The van der Waals surface area contributed by atoms with Gasteiger partial charge in [-0.1, -0.05) is 0 Å². The zero-order valence-corrected chi connectivity index (χ0v) is 8.66. The number of hydrogen-bond acceptors (Lipinski definition) is 4. The zero-order valence-electron chi connectivity index (χ0n) is 8.66. The molecule has 0 bridgehead atoms. The highest BCUT2D eigenvalue weighted by Crippen LogP contribution is 2.17. The molecule has 1 aromatic heterocycles. The molecule has 1 N–H and O–H groups in total. The molecule has 0 amide bonds. The SMILES string of the molecule is Cn1ncnc1CNC1(C)CCOC1. The van der Waals surface area contributed by atoms with Crippen LogP contribution in [-0.2, 0) is 18.3 Å². The first kappa shape index (κ1) is 9.61. The maximum absolute atomic E-state index is 5.35. The second-order valence-electron chi connectivity index (χ2n) is 4.02. The van der Waals surface area contributed by atoms with Crippen molar-refractivity contribution in [2.24, 2.45) is 7.05 Å². The summed E-state index contributed by atoms with van der Waals surface area (Å²) >= 11 is 0. The predicted octanol–water partition coefficient (Wildman–Crippen LogP) is 0.0837. The van der Waals surface area contributed by atoms with Crippen LogP contribution in [0, 0.1) is 0 Å². The molecule has 5 heteroatoms. The van der Waals surface area contributed by atoms with E-state index in [9.17, 15) is 0 Å². The first-order valence-electron chi connectivity index (χ1n) is 4.85. The molecule has 2 rings (SSSR count). The molecule has 1 fully saturated rings. The third-order valence-corrected chi connectivity index (χ3v) is 2.70. The fourth-order valence-electron chi connectivity index (χ4n) is 1.58. The molecule has 0 aliphatic carbocycles. The maximum Gasteiger partial charge on any atom is 0.140 e. The summed E-state index contributed by atoms with van der Waals surface area (Å²) in [6.45, 7) is 4.56. The van der Waals surface area contributed by atoms with E-state index in [4.69, 9.17) is 4.74 Å². The largest absolute Gasteiger partial charge is 0.379 e. The van der Waals surface area contributed by atoms with Crippen molar-refractivity contribution in [2.75, 3.05) is 13.2 Å². The zero-order chi connectivity index (χ0) is 10.0. The van der Waals surface area contributed by atoms with Crippen LogP contribution in [0.25, 0.3) is 0 Å². The van der Waals surface area contributed by atoms with Gasteiger partial charge < -0.3 is 10.1 Å². The van der Waals surface area contributed by atoms with Gasteiger partial charge in [0.05, 0.1) is 13.2 Å². The molecule has 1 unspecified atom stereocenters. The lowest BCUT2D eigenvalue weighted by Crippen LogP contribution is -2.42. The Kier molecular flexibility index (Phi) is 2.52. The normalized spacial score (nSPS) is 27.0. The van der Waals surface area contributed by atoms with E-state index < -0.39 is 0 Å². The Hall–Kier alpha value is -0.940. The highest BCUT2D eigenvalue weighted by atomic mass is 16.5. The summed E-state index contributed by atoms with van der Waals surface area (Å²) in [6, 6.07) is 0. The minimum Gasteiger partial charge on any atom is -0.379 e. The van der Waals surface area contributed by atoms with E-state index in [0.717, 1.165) is 32.0 Å². The highest BCUT2D eigenvalue weighted by Gasteiger charge is 2.29. The quantitative estimate of drug-likeness (QED) is 0.744. The molecule has 1 atom stereocenters. The summed E-state index contributed by atoms with van der Waals surface area (Å²) in [4.78, 5) is 4.16. The Labute approximate surface area is 83.5 Å². The number of rotatable bonds is 3. The molecule has 1 saturated heterocycles. The molecule has 1 aliphatic heterocycles. The number of aromatic nitrogens is 3. The standard InChI is InChI=1S/C9H16N4O/c1-9(3-4-14-6-9)11-5-8-10-7-12-13(8)2/h7,11H,3-6H2,1-2H3. The third kappa shape index (κ3) is 1.93. The van der Waals surface area contributed by atoms with Crippen molar-refractivity contribution in [2.45, 2.75) is 25.4 Å². The molecule has 0 spiro atoms. The fraction of sp³-hybridized carbons (Fsp3) is 0.778. The van der Waals surface area contributed by atoms with Crippen LogP contribution in [0.2, 0.25) is 0 Å². The number of ether oxygens (including phenoxy) is 1. The van der Waals surface area contributed by atoms with Gasteiger partial charge in [-0.2, -0.15) is 5.10 Å². The van der Waals surface area contributed by atoms with E-state index in [1.807, 2.05) is 7.05 Å². The molecular weight excluding hydrogens is 180 g/mol. The van der Waals surface area contributed by atoms with Crippen LogP contribution < -0.4 is 5.32 Å². The summed E-state index contributed by atoms with van der Waals surface area (Å²) in [6.07, 6.45) is 2.63. The summed E-state index contributed by atoms with van der Waals surface area (Å²) in [7, 11) is 1.90. The Morgan fingerprint density at radius 2 is 2.57 bits per heavy atom. The van der Waals surface area contributed by atoms with Crippen LogP contribution in [0.1, 0.15) is 19.2 Å². The Morgan fingerprint density at radius 3 is 3.14 bits per heavy atom. The summed E-state index contributed by atoms with van der Waals surface area (Å²) in [5, 5.41) is 7.47. The van der Waals surface area contributed by atoms with Crippen LogP contribution in [0.3, 0.4) is 0 Å². The summed E-state index contributed by atoms with van der Waals surface area (Å²) < 4.78 is 7.14. The van der Waals surface area contributed by atoms with Crippen molar-refractivity contribution in [3.8, 4) is 0 Å². The minimum atomic E-state index is 0.103.